The molecule has 2 aliphatic heterocycles. The summed E-state index contributed by atoms with van der Waals surface area (Å²) in [5.74, 6) is 0.787. The minimum Gasteiger partial charge on any atom is -0.466 e. The van der Waals surface area contributed by atoms with Crippen molar-refractivity contribution in [1.29, 1.82) is 0 Å². The van der Waals surface area contributed by atoms with Crippen molar-refractivity contribution in [3.63, 3.8) is 0 Å². The fourth-order valence-electron chi connectivity index (χ4n) is 3.60. The lowest BCUT2D eigenvalue weighted by Crippen LogP contribution is -2.47. The molecule has 0 aromatic carbocycles. The Bertz CT molecular complexity index is 309. The number of rotatable bonds is 4. The molecule has 1 unspecified atom stereocenters. The number of carbonyl (C=O) groups excluding carboxylic acids is 1. The second-order valence-electron chi connectivity index (χ2n) is 6.49. The van der Waals surface area contributed by atoms with E-state index in [9.17, 15) is 4.79 Å². The molecule has 0 radical (unpaired) electrons. The highest BCUT2D eigenvalue weighted by atomic mass is 16.5. The van der Waals surface area contributed by atoms with E-state index in [-0.39, 0.29) is 17.3 Å². The van der Waals surface area contributed by atoms with Gasteiger partial charge in [0.05, 0.1) is 12.5 Å². The standard InChI is InChI=1S/C15H28N2O2/c1-4-19-14(18)13-9-16-11-15(13)5-7-17(8-6-15)10-12(2)3/h12-13,16H,4-11H2,1-3H3. The zero-order valence-electron chi connectivity index (χ0n) is 12.6. The summed E-state index contributed by atoms with van der Waals surface area (Å²) in [6.07, 6.45) is 2.24. The van der Waals surface area contributed by atoms with E-state index in [0.29, 0.717) is 6.61 Å². The number of esters is 1. The van der Waals surface area contributed by atoms with Gasteiger partial charge in [0.2, 0.25) is 0 Å². The third-order valence-electron chi connectivity index (χ3n) is 4.61. The van der Waals surface area contributed by atoms with E-state index < -0.39 is 0 Å². The number of ether oxygens (including phenoxy) is 1. The second-order valence-corrected chi connectivity index (χ2v) is 6.49. The molecule has 2 fully saturated rings. The highest BCUT2D eigenvalue weighted by molar-refractivity contribution is 5.74. The van der Waals surface area contributed by atoms with Crippen LogP contribution in [0.4, 0.5) is 0 Å². The predicted octanol–water partition coefficient (Wildman–Crippen LogP) is 1.51. The second kappa shape index (κ2) is 6.23. The minimum atomic E-state index is 0.00445. The Morgan fingerprint density at radius 1 is 1.42 bits per heavy atom. The van der Waals surface area contributed by atoms with Crippen LogP contribution in [0, 0.1) is 17.3 Å². The van der Waals surface area contributed by atoms with Crippen LogP contribution in [0.25, 0.3) is 0 Å². The molecule has 4 heteroatoms. The molecule has 110 valence electrons. The van der Waals surface area contributed by atoms with Gasteiger partial charge < -0.3 is 15.0 Å². The SMILES string of the molecule is CCOC(=O)C1CNCC12CCN(CC(C)C)CC2. The van der Waals surface area contributed by atoms with Crippen molar-refractivity contribution >= 4 is 5.97 Å². The first-order valence-corrected chi connectivity index (χ1v) is 7.67. The molecule has 0 amide bonds. The number of likely N-dealkylation sites (tertiary alicyclic amines) is 1. The lowest BCUT2D eigenvalue weighted by atomic mass is 9.70. The average molecular weight is 268 g/mol. The van der Waals surface area contributed by atoms with Crippen LogP contribution in [0.15, 0.2) is 0 Å². The van der Waals surface area contributed by atoms with Gasteiger partial charge in [-0.05, 0) is 44.2 Å². The summed E-state index contributed by atoms with van der Waals surface area (Å²) in [5, 5.41) is 3.41. The van der Waals surface area contributed by atoms with Crippen molar-refractivity contribution in [3.05, 3.63) is 0 Å². The molecule has 1 N–H and O–H groups in total. The fourth-order valence-corrected chi connectivity index (χ4v) is 3.60. The van der Waals surface area contributed by atoms with Crippen molar-refractivity contribution in [3.8, 4) is 0 Å². The first-order valence-electron chi connectivity index (χ1n) is 7.67. The van der Waals surface area contributed by atoms with Crippen LogP contribution in [0.5, 0.6) is 0 Å². The average Bonchev–Trinajstić information content (AvgIpc) is 2.76. The quantitative estimate of drug-likeness (QED) is 0.785. The van der Waals surface area contributed by atoms with Crippen LogP contribution in [0.1, 0.15) is 33.6 Å². The van der Waals surface area contributed by atoms with E-state index in [2.05, 4.69) is 24.1 Å². The molecule has 0 aliphatic carbocycles. The Hall–Kier alpha value is -0.610. The Morgan fingerprint density at radius 2 is 2.11 bits per heavy atom. The Labute approximate surface area is 116 Å². The van der Waals surface area contributed by atoms with E-state index >= 15 is 0 Å². The van der Waals surface area contributed by atoms with E-state index in [1.54, 1.807) is 0 Å². The molecule has 2 saturated heterocycles. The molecule has 0 aromatic rings. The van der Waals surface area contributed by atoms with Gasteiger partial charge in [-0.15, -0.1) is 0 Å². The van der Waals surface area contributed by atoms with Crippen molar-refractivity contribution in [2.45, 2.75) is 33.6 Å². The molecule has 2 aliphatic rings. The van der Waals surface area contributed by atoms with Gasteiger partial charge in [0.1, 0.15) is 0 Å². The van der Waals surface area contributed by atoms with Gasteiger partial charge in [0.25, 0.3) is 0 Å². The normalized spacial score (nSPS) is 27.1. The zero-order chi connectivity index (χ0) is 13.9. The van der Waals surface area contributed by atoms with Gasteiger partial charge in [0.15, 0.2) is 0 Å². The number of nitrogens with zero attached hydrogens (tertiary/aromatic N) is 1. The molecule has 1 spiro atoms. The van der Waals surface area contributed by atoms with Crippen molar-refractivity contribution in [1.82, 2.24) is 10.2 Å². The molecule has 0 aromatic heterocycles. The largest absolute Gasteiger partial charge is 0.466 e. The first kappa shape index (κ1) is 14.8. The maximum Gasteiger partial charge on any atom is 0.310 e. The summed E-state index contributed by atoms with van der Waals surface area (Å²) < 4.78 is 5.25. The summed E-state index contributed by atoms with van der Waals surface area (Å²) in [7, 11) is 0. The fraction of sp³-hybridized carbons (Fsp3) is 0.933. The predicted molar refractivity (Wildman–Crippen MR) is 75.9 cm³/mol. The molecule has 1 atom stereocenters. The van der Waals surface area contributed by atoms with E-state index in [4.69, 9.17) is 4.74 Å². The molecule has 0 bridgehead atoms. The molecular formula is C15H28N2O2. The molecule has 2 rings (SSSR count). The zero-order valence-corrected chi connectivity index (χ0v) is 12.6. The highest BCUT2D eigenvalue weighted by Crippen LogP contribution is 2.42. The van der Waals surface area contributed by atoms with Crippen molar-refractivity contribution < 1.29 is 9.53 Å². The minimum absolute atomic E-state index is 0.00445. The highest BCUT2D eigenvalue weighted by Gasteiger charge is 2.48. The number of carbonyl (C=O) groups is 1. The Morgan fingerprint density at radius 3 is 2.68 bits per heavy atom. The Kier molecular flexibility index (Phi) is 4.85. The summed E-state index contributed by atoms with van der Waals surface area (Å²) in [5.41, 5.74) is 0.153. The van der Waals surface area contributed by atoms with Crippen LogP contribution in [0.3, 0.4) is 0 Å². The van der Waals surface area contributed by atoms with Gasteiger partial charge in [0, 0.05) is 19.6 Å². The maximum atomic E-state index is 12.1. The number of hydrogen-bond donors (Lipinski definition) is 1. The number of hydrogen-bond acceptors (Lipinski definition) is 4. The van der Waals surface area contributed by atoms with E-state index in [1.165, 1.54) is 6.54 Å². The topological polar surface area (TPSA) is 41.6 Å². The van der Waals surface area contributed by atoms with Crippen LogP contribution >= 0.6 is 0 Å². The van der Waals surface area contributed by atoms with Crippen molar-refractivity contribution in [2.75, 3.05) is 39.3 Å². The maximum absolute atomic E-state index is 12.1. The van der Waals surface area contributed by atoms with Crippen LogP contribution < -0.4 is 5.32 Å². The van der Waals surface area contributed by atoms with Gasteiger partial charge in [-0.2, -0.15) is 0 Å². The third kappa shape index (κ3) is 3.29. The van der Waals surface area contributed by atoms with Crippen LogP contribution in [0.2, 0.25) is 0 Å². The molecule has 19 heavy (non-hydrogen) atoms. The summed E-state index contributed by atoms with van der Waals surface area (Å²) >= 11 is 0. The molecular weight excluding hydrogens is 240 g/mol. The van der Waals surface area contributed by atoms with E-state index in [0.717, 1.165) is 44.9 Å². The van der Waals surface area contributed by atoms with Gasteiger partial charge in [-0.3, -0.25) is 4.79 Å². The molecule has 2 heterocycles. The van der Waals surface area contributed by atoms with Crippen LogP contribution in [-0.4, -0.2) is 50.2 Å². The van der Waals surface area contributed by atoms with Gasteiger partial charge in [-0.1, -0.05) is 13.8 Å². The van der Waals surface area contributed by atoms with Crippen LogP contribution in [-0.2, 0) is 9.53 Å². The summed E-state index contributed by atoms with van der Waals surface area (Å²) in [4.78, 5) is 14.6. The first-order chi connectivity index (χ1) is 9.07. The number of piperidine rings is 1. The summed E-state index contributed by atoms with van der Waals surface area (Å²) in [6, 6.07) is 0. The third-order valence-corrected chi connectivity index (χ3v) is 4.61. The monoisotopic (exact) mass is 268 g/mol. The Balaban J connectivity index is 1.94. The van der Waals surface area contributed by atoms with Gasteiger partial charge >= 0.3 is 5.97 Å². The lowest BCUT2D eigenvalue weighted by molar-refractivity contribution is -0.152. The lowest BCUT2D eigenvalue weighted by Gasteiger charge is -2.42. The number of nitrogens with one attached hydrogen (secondary N) is 1. The van der Waals surface area contributed by atoms with Crippen molar-refractivity contribution in [2.24, 2.45) is 17.3 Å². The summed E-state index contributed by atoms with van der Waals surface area (Å²) in [6.45, 7) is 12.1. The molecule has 4 nitrogen and oxygen atoms in total. The molecule has 0 saturated carbocycles. The van der Waals surface area contributed by atoms with Gasteiger partial charge in [-0.25, -0.2) is 0 Å². The smallest absolute Gasteiger partial charge is 0.310 e. The van der Waals surface area contributed by atoms with E-state index in [1.807, 2.05) is 6.92 Å².